The van der Waals surface area contributed by atoms with Crippen LogP contribution in [-0.2, 0) is 14.4 Å². The Bertz CT molecular complexity index is 401. The fraction of sp³-hybridized carbons (Fsp3) is 0.636. The largest absolute Gasteiger partial charge is 0.480 e. The van der Waals surface area contributed by atoms with Crippen LogP contribution in [0.4, 0.5) is 0 Å². The molecule has 0 spiro atoms. The van der Waals surface area contributed by atoms with Gasteiger partial charge in [0.15, 0.2) is 0 Å². The molecule has 8 heteroatoms. The average Bonchev–Trinajstić information content (AvgIpc) is 2.32. The van der Waals surface area contributed by atoms with Gasteiger partial charge in [0.1, 0.15) is 6.04 Å². The van der Waals surface area contributed by atoms with E-state index in [0.29, 0.717) is 6.21 Å². The summed E-state index contributed by atoms with van der Waals surface area (Å²) < 4.78 is 0. The molecule has 0 aliphatic carbocycles. The summed E-state index contributed by atoms with van der Waals surface area (Å²) in [5.74, 6) is -3.19. The molecule has 0 aliphatic heterocycles. The van der Waals surface area contributed by atoms with Crippen LogP contribution in [0, 0.1) is 5.92 Å². The van der Waals surface area contributed by atoms with Gasteiger partial charge in [-0.1, -0.05) is 6.92 Å². The predicted octanol–water partition coefficient (Wildman–Crippen LogP) is -0.777. The van der Waals surface area contributed by atoms with Crippen molar-refractivity contribution in [3.63, 3.8) is 0 Å². The zero-order valence-electron chi connectivity index (χ0n) is 10.7. The lowest BCUT2D eigenvalue weighted by Crippen LogP contribution is -2.45. The quantitative estimate of drug-likeness (QED) is 0.302. The van der Waals surface area contributed by atoms with Crippen molar-refractivity contribution in [2.24, 2.45) is 5.92 Å². The Kier molecular flexibility index (Phi) is 7.25. The second kappa shape index (κ2) is 8.12. The van der Waals surface area contributed by atoms with E-state index in [4.69, 9.17) is 10.6 Å². The first kappa shape index (κ1) is 16.9. The van der Waals surface area contributed by atoms with Crippen LogP contribution in [0.3, 0.4) is 0 Å². The molecule has 0 aromatic rings. The summed E-state index contributed by atoms with van der Waals surface area (Å²) in [5.41, 5.74) is 8.13. The highest BCUT2D eigenvalue weighted by Crippen LogP contribution is 2.05. The fourth-order valence-electron chi connectivity index (χ4n) is 1.20. The average molecular weight is 271 g/mol. The van der Waals surface area contributed by atoms with Crippen LogP contribution in [0.15, 0.2) is 0 Å². The lowest BCUT2D eigenvalue weighted by Gasteiger charge is -2.18. The number of nitrogens with zero attached hydrogens (tertiary/aromatic N) is 2. The summed E-state index contributed by atoms with van der Waals surface area (Å²) in [7, 11) is 0. The number of carbonyl (C=O) groups is 3. The van der Waals surface area contributed by atoms with Gasteiger partial charge >= 0.3 is 12.2 Å². The summed E-state index contributed by atoms with van der Waals surface area (Å²) in [6.45, 7) is 2.88. The highest BCUT2D eigenvalue weighted by molar-refractivity contribution is 6.25. The molecule has 106 valence electrons. The Balaban J connectivity index is 4.50. The maximum absolute atomic E-state index is 11.6. The van der Waals surface area contributed by atoms with Crippen LogP contribution in [0.1, 0.15) is 26.7 Å². The molecular weight excluding hydrogens is 254 g/mol. The van der Waals surface area contributed by atoms with Gasteiger partial charge in [-0.05, 0) is 13.3 Å². The van der Waals surface area contributed by atoms with Crippen LogP contribution in [0.25, 0.3) is 5.53 Å². The number of carboxylic acids is 1. The zero-order chi connectivity index (χ0) is 15.0. The first-order valence-electron chi connectivity index (χ1n) is 5.71. The molecule has 0 rings (SSSR count). The minimum absolute atomic E-state index is 0.127. The van der Waals surface area contributed by atoms with Gasteiger partial charge in [0.05, 0.1) is 12.0 Å². The van der Waals surface area contributed by atoms with Crippen molar-refractivity contribution in [2.45, 2.75) is 38.8 Å². The second-order valence-electron chi connectivity index (χ2n) is 4.18. The summed E-state index contributed by atoms with van der Waals surface area (Å²) in [6.07, 6.45) is -0.542. The third-order valence-electron chi connectivity index (χ3n) is 2.63. The van der Waals surface area contributed by atoms with Gasteiger partial charge in [-0.25, -0.2) is 4.79 Å². The summed E-state index contributed by atoms with van der Waals surface area (Å²) in [4.78, 5) is 36.1. The number of rotatable bonds is 8. The lowest BCUT2D eigenvalue weighted by molar-refractivity contribution is -0.143. The molecule has 0 aliphatic rings. The maximum atomic E-state index is 11.6. The Labute approximate surface area is 110 Å². The van der Waals surface area contributed by atoms with Crippen LogP contribution >= 0.6 is 0 Å². The van der Waals surface area contributed by atoms with Gasteiger partial charge in [0, 0.05) is 6.42 Å². The molecule has 3 N–H and O–H groups in total. The molecule has 8 nitrogen and oxygen atoms in total. The number of carbonyl (C=O) groups excluding carboxylic acids is 2. The van der Waals surface area contributed by atoms with E-state index in [9.17, 15) is 19.5 Å². The van der Waals surface area contributed by atoms with Crippen LogP contribution in [-0.4, -0.2) is 51.0 Å². The van der Waals surface area contributed by atoms with E-state index < -0.39 is 35.7 Å². The van der Waals surface area contributed by atoms with Gasteiger partial charge < -0.3 is 21.1 Å². The number of aliphatic carboxylic acids is 1. The molecule has 0 saturated carbocycles. The van der Waals surface area contributed by atoms with E-state index in [1.807, 2.05) is 0 Å². The minimum atomic E-state index is -1.28. The van der Waals surface area contributed by atoms with E-state index in [0.717, 1.165) is 0 Å². The van der Waals surface area contributed by atoms with Crippen LogP contribution in [0.5, 0.6) is 0 Å². The van der Waals surface area contributed by atoms with E-state index in [2.05, 4.69) is 10.1 Å². The van der Waals surface area contributed by atoms with Crippen molar-refractivity contribution < 1.29 is 29.4 Å². The minimum Gasteiger partial charge on any atom is -0.480 e. The molecule has 0 bridgehead atoms. The number of nitrogens with one attached hydrogen (secondary N) is 1. The van der Waals surface area contributed by atoms with E-state index >= 15 is 0 Å². The lowest BCUT2D eigenvalue weighted by atomic mass is 10.0. The number of aliphatic hydroxyl groups is 1. The number of amides is 1. The van der Waals surface area contributed by atoms with Gasteiger partial charge in [-0.2, -0.15) is 4.79 Å². The molecule has 0 aromatic heterocycles. The standard InChI is InChI=1S/C11H17N3O5/c1-6(7(2)15)10(17)14-9(11(18)19)4-3-8(16)5-13-12/h5-7,9,15H,3-4H2,1-2H3,(H,14,17)(H,18,19)/t6-,7-,9+/m1/s1. The second-order valence-corrected chi connectivity index (χ2v) is 4.18. The van der Waals surface area contributed by atoms with Crippen molar-refractivity contribution in [2.75, 3.05) is 0 Å². The molecular formula is C11H17N3O5. The molecule has 1 amide bonds. The maximum Gasteiger partial charge on any atom is 0.326 e. The highest BCUT2D eigenvalue weighted by atomic mass is 16.4. The molecule has 0 saturated heterocycles. The number of aliphatic hydroxyl groups excluding tert-OH is 1. The molecule has 0 fully saturated rings. The molecule has 0 radical (unpaired) electrons. The number of carboxylic acid groups (broad SMARTS) is 1. The number of Topliss-reactive ketones (excluding diaryl/α,β-unsaturated/α-hetero) is 1. The zero-order valence-corrected chi connectivity index (χ0v) is 10.7. The summed E-state index contributed by atoms with van der Waals surface area (Å²) in [5, 5.41) is 20.4. The molecule has 0 aromatic carbocycles. The monoisotopic (exact) mass is 271 g/mol. The highest BCUT2D eigenvalue weighted by Gasteiger charge is 2.25. The smallest absolute Gasteiger partial charge is 0.326 e. The number of hydrogen-bond acceptors (Lipinski definition) is 4. The van der Waals surface area contributed by atoms with Crippen molar-refractivity contribution >= 4 is 23.9 Å². The number of hydrogen-bond donors (Lipinski definition) is 3. The van der Waals surface area contributed by atoms with Crippen molar-refractivity contribution in [1.29, 1.82) is 0 Å². The first-order chi connectivity index (χ1) is 8.79. The van der Waals surface area contributed by atoms with Crippen LogP contribution < -0.4 is 5.32 Å². The molecule has 3 atom stereocenters. The SMILES string of the molecule is C[C@@H](O)[C@@H](C)C(=O)N[C@@H](CCC(=O)C=[N+]=[N-])C(=O)O. The van der Waals surface area contributed by atoms with E-state index in [1.54, 1.807) is 0 Å². The van der Waals surface area contributed by atoms with E-state index in [1.165, 1.54) is 13.8 Å². The molecule has 0 unspecified atom stereocenters. The van der Waals surface area contributed by atoms with Gasteiger partial charge in [-0.3, -0.25) is 9.59 Å². The van der Waals surface area contributed by atoms with Gasteiger partial charge in [0.2, 0.25) is 11.7 Å². The van der Waals surface area contributed by atoms with Gasteiger partial charge in [-0.15, -0.1) is 0 Å². The Morgan fingerprint density at radius 2 is 1.95 bits per heavy atom. The van der Waals surface area contributed by atoms with Gasteiger partial charge in [0.25, 0.3) is 0 Å². The predicted molar refractivity (Wildman–Crippen MR) is 64.3 cm³/mol. The summed E-state index contributed by atoms with van der Waals surface area (Å²) >= 11 is 0. The fourth-order valence-corrected chi connectivity index (χ4v) is 1.20. The van der Waals surface area contributed by atoms with Crippen molar-refractivity contribution in [1.82, 2.24) is 5.32 Å². The van der Waals surface area contributed by atoms with Crippen molar-refractivity contribution in [3.8, 4) is 0 Å². The van der Waals surface area contributed by atoms with E-state index in [-0.39, 0.29) is 12.8 Å². The molecule has 19 heavy (non-hydrogen) atoms. The third kappa shape index (κ3) is 6.44. The summed E-state index contributed by atoms with van der Waals surface area (Å²) in [6, 6.07) is -1.23. The Hall–Kier alpha value is -2.05. The Morgan fingerprint density at radius 3 is 2.37 bits per heavy atom. The molecule has 0 heterocycles. The Morgan fingerprint density at radius 1 is 1.37 bits per heavy atom. The first-order valence-corrected chi connectivity index (χ1v) is 5.71. The van der Waals surface area contributed by atoms with Crippen LogP contribution in [0.2, 0.25) is 0 Å². The van der Waals surface area contributed by atoms with Crippen molar-refractivity contribution in [3.05, 3.63) is 5.53 Å². The third-order valence-corrected chi connectivity index (χ3v) is 2.63. The number of ketones is 1. The normalized spacial score (nSPS) is 14.7. The topological polar surface area (TPSA) is 140 Å².